The van der Waals surface area contributed by atoms with Crippen molar-refractivity contribution in [2.75, 3.05) is 118 Å². The van der Waals surface area contributed by atoms with E-state index in [2.05, 4.69) is 0 Å². The van der Waals surface area contributed by atoms with E-state index in [1.54, 1.807) is 0 Å². The zero-order valence-corrected chi connectivity index (χ0v) is 40.1. The largest absolute Gasteiger partial charge is 2.00 e. The van der Waals surface area contributed by atoms with Gasteiger partial charge in [-0.2, -0.15) is 15.6 Å². The first kappa shape index (κ1) is 92.8. The molecule has 49 heavy (non-hydrogen) atoms. The van der Waals surface area contributed by atoms with Crippen molar-refractivity contribution in [2.24, 2.45) is 103 Å². The third kappa shape index (κ3) is 1030. The first-order valence-electron chi connectivity index (χ1n) is 13.3. The van der Waals surface area contributed by atoms with Crippen LogP contribution in [-0.2, 0) is 67.6 Å². The molecule has 0 unspecified atom stereocenters. The normalized spacial score (nSPS) is 7.92. The van der Waals surface area contributed by atoms with Crippen LogP contribution in [-0.4, -0.2) is 118 Å². The predicted molar refractivity (Wildman–Crippen MR) is 178 cm³/mol. The molecule has 0 aromatic heterocycles. The molecule has 0 spiro atoms. The number of nitrogens with two attached hydrogens (primary N) is 18. The topological polar surface area (TPSA) is 641 Å². The minimum Gasteiger partial charge on any atom is -0.822 e. The quantitative estimate of drug-likeness (QED) is 0.0754. The first-order chi connectivity index (χ1) is 21.2. The fraction of sp³-hybridized carbons (Fsp3) is 1.00. The molecule has 0 aliphatic heterocycles. The Morgan fingerprint density at radius 1 is 0.224 bits per heavy atom. The van der Waals surface area contributed by atoms with Gasteiger partial charge in [-0.1, -0.05) is 0 Å². The van der Waals surface area contributed by atoms with Crippen molar-refractivity contribution < 1.29 is 96.9 Å². The summed E-state index contributed by atoms with van der Waals surface area (Å²) in [7, 11) is -10.8. The number of hydrogen-bond acceptors (Lipinski definition) is 26. The summed E-state index contributed by atoms with van der Waals surface area (Å²) < 4.78 is 17.1. The van der Waals surface area contributed by atoms with Gasteiger partial charge in [-0.3, -0.25) is 0 Å². The van der Waals surface area contributed by atoms with Crippen LogP contribution in [0.2, 0.25) is 0 Å². The molecule has 0 saturated heterocycles. The van der Waals surface area contributed by atoms with Crippen LogP contribution in [0.5, 0.6) is 0 Å². The smallest absolute Gasteiger partial charge is 0.822 e. The summed E-state index contributed by atoms with van der Waals surface area (Å²) in [5, 5.41) is 0. The van der Waals surface area contributed by atoms with E-state index in [-0.39, 0.29) is 58.4 Å². The van der Waals surface area contributed by atoms with E-state index in [1.165, 1.54) is 0 Å². The van der Waals surface area contributed by atoms with Crippen LogP contribution < -0.4 is 133 Å². The van der Waals surface area contributed by atoms with Crippen LogP contribution >= 0.6 is 15.6 Å². The van der Waals surface area contributed by atoms with Crippen molar-refractivity contribution in [3.05, 3.63) is 0 Å². The third-order valence-corrected chi connectivity index (χ3v) is 1.50. The second-order valence-electron chi connectivity index (χ2n) is 6.09. The molecule has 0 aliphatic rings. The molecule has 298 valence electrons. The van der Waals surface area contributed by atoms with E-state index in [1.807, 2.05) is 0 Å². The Balaban J connectivity index is -0.0000000228. The Hall–Kier alpha value is 1.37. The zero-order valence-electron chi connectivity index (χ0n) is 29.4. The summed E-state index contributed by atoms with van der Waals surface area (Å²) in [6, 6.07) is 0. The zero-order chi connectivity index (χ0) is 39.7. The van der Waals surface area contributed by atoms with Crippen LogP contribution in [0.15, 0.2) is 0 Å². The summed E-state index contributed by atoms with van der Waals surface area (Å²) in [4.78, 5) is 51.3. The molecule has 0 aromatic rings. The average Bonchev–Trinajstić information content (AvgIpc) is 3.03. The molecule has 0 fully saturated rings. The Morgan fingerprint density at radius 2 is 0.245 bits per heavy atom. The summed E-state index contributed by atoms with van der Waals surface area (Å²) in [5.74, 6) is 0. The van der Waals surface area contributed by atoms with Gasteiger partial charge in [0, 0.05) is 118 Å². The van der Waals surface area contributed by atoms with Gasteiger partial charge in [0.15, 0.2) is 0 Å². The van der Waals surface area contributed by atoms with Gasteiger partial charge in [0.05, 0.1) is 0 Å². The van der Waals surface area contributed by atoms with Crippen molar-refractivity contribution in [3.8, 4) is 0 Å². The van der Waals surface area contributed by atoms with Gasteiger partial charge in [-0.15, -0.1) is 0 Å². The Bertz CT molecular complexity index is 358. The van der Waals surface area contributed by atoms with Gasteiger partial charge < -0.3 is 142 Å². The molecular weight excluding hydrogens is 854 g/mol. The van der Waals surface area contributed by atoms with Crippen molar-refractivity contribution in [1.29, 1.82) is 0 Å². The molecule has 0 atom stereocenters. The summed E-state index contributed by atoms with van der Waals surface area (Å²) in [5.41, 5.74) is 88.2. The molecule has 31 heteroatoms. The van der Waals surface area contributed by atoms with Gasteiger partial charge in [0.2, 0.25) is 0 Å². The van der Waals surface area contributed by atoms with E-state index in [9.17, 15) is 0 Å². The van der Waals surface area contributed by atoms with E-state index in [0.29, 0.717) is 118 Å². The van der Waals surface area contributed by atoms with Gasteiger partial charge >= 0.3 is 58.4 Å². The molecule has 0 heterocycles. The molecule has 36 N–H and O–H groups in total. The maximum absolute atomic E-state index is 8.55. The molecule has 0 aliphatic carbocycles. The van der Waals surface area contributed by atoms with Crippen LogP contribution in [0, 0.1) is 0 Å². The van der Waals surface area contributed by atoms with E-state index >= 15 is 0 Å². The average molecular weight is 927 g/mol. The van der Waals surface area contributed by atoms with E-state index in [4.69, 9.17) is 142 Å². The summed E-state index contributed by atoms with van der Waals surface area (Å²) in [6.45, 7) is 10.7. The van der Waals surface area contributed by atoms with Crippen molar-refractivity contribution in [2.45, 2.75) is 0 Å². The van der Waals surface area contributed by atoms with Crippen LogP contribution in [0.4, 0.5) is 0 Å². The Kier molecular flexibility index (Phi) is 222. The third-order valence-electron chi connectivity index (χ3n) is 1.50. The number of phosphoric acid groups is 2. The Labute approximate surface area is 332 Å². The maximum Gasteiger partial charge on any atom is 2.00 e. The standard InChI is InChI=1S/9C2H8N2.2H3O4P.3Zn/c9*3-1-2-4;2*1-5(2,3)4;;;/h9*1-4H2;2*(H3,1,2,3,4);;;/q;;;;;;;;;;;3*+2/p-6. The second-order valence-corrected chi connectivity index (χ2v) is 7.88. The van der Waals surface area contributed by atoms with Gasteiger partial charge in [0.25, 0.3) is 0 Å². The molecule has 0 bridgehead atoms. The number of hydrogen-bond donors (Lipinski definition) is 18. The van der Waals surface area contributed by atoms with Gasteiger partial charge in [-0.25, -0.2) is 0 Å². The summed E-state index contributed by atoms with van der Waals surface area (Å²) >= 11 is 0. The molecule has 0 radical (unpaired) electrons. The van der Waals surface area contributed by atoms with Crippen molar-refractivity contribution in [1.82, 2.24) is 0 Å². The van der Waals surface area contributed by atoms with Gasteiger partial charge in [0.1, 0.15) is 0 Å². The molecule has 0 rings (SSSR count). The molecule has 0 aromatic carbocycles. The SMILES string of the molecule is NCCN.NCCN.NCCN.NCCN.NCCN.NCCN.NCCN.NCCN.NCCN.O=P([O-])([O-])[O-].O=P([O-])([O-])[O-].[Zn+2].[Zn+2].[Zn+2]. The van der Waals surface area contributed by atoms with Crippen LogP contribution in [0.1, 0.15) is 0 Å². The van der Waals surface area contributed by atoms with Crippen LogP contribution in [0.3, 0.4) is 0 Å². The monoisotopic (exact) mass is 922 g/mol. The van der Waals surface area contributed by atoms with E-state index < -0.39 is 15.6 Å². The fourth-order valence-electron chi connectivity index (χ4n) is 0. The van der Waals surface area contributed by atoms with Crippen molar-refractivity contribution >= 4 is 15.6 Å². The summed E-state index contributed by atoms with van der Waals surface area (Å²) in [6.07, 6.45) is 0. The molecule has 0 saturated carbocycles. The van der Waals surface area contributed by atoms with E-state index in [0.717, 1.165) is 0 Å². The fourth-order valence-corrected chi connectivity index (χ4v) is 0. The molecular formula is C18H72N18O8P2Zn3. The molecule has 26 nitrogen and oxygen atoms in total. The minimum absolute atomic E-state index is 0. The second kappa shape index (κ2) is 117. The molecule has 0 amide bonds. The van der Waals surface area contributed by atoms with Crippen molar-refractivity contribution in [3.63, 3.8) is 0 Å². The van der Waals surface area contributed by atoms with Crippen LogP contribution in [0.25, 0.3) is 0 Å². The predicted octanol–water partition coefficient (Wildman–Crippen LogP) is -15.5. The Morgan fingerprint density at radius 3 is 0.245 bits per heavy atom. The van der Waals surface area contributed by atoms with Gasteiger partial charge in [-0.05, 0) is 0 Å². The first-order valence-corrected chi connectivity index (χ1v) is 16.2. The maximum atomic E-state index is 8.55. The minimum atomic E-state index is -5.39. The number of rotatable bonds is 9.